The molecule has 0 radical (unpaired) electrons. The van der Waals surface area contributed by atoms with Crippen molar-refractivity contribution in [2.45, 2.75) is 498 Å². The van der Waals surface area contributed by atoms with E-state index in [2.05, 4.69) is 221 Å². The van der Waals surface area contributed by atoms with Crippen LogP contribution in [0.1, 0.15) is 486 Å². The van der Waals surface area contributed by atoms with Crippen molar-refractivity contribution >= 4 is 70.5 Å². The largest absolute Gasteiger partial charge is 0.469 e. The molecule has 0 aliphatic carbocycles. The third-order valence-corrected chi connectivity index (χ3v) is 13.3. The zero-order valence-corrected chi connectivity index (χ0v) is 98.5. The standard InChI is InChI=1S/2C6H14.C5H13N.4C5H10O2.2C5H10O.3C5H12.C4H11N.3C4H8O2.2C4H10O.C4H8O.2C4H10.C3H6O2.C3H6O.C3H8/c1-4-6(3)5-2;1-3-5-6-4-2;1-4-5-6(2)3;1-4(6)5(2)7-3;1-4(2)7-5(3)6;2*1-3-4-7-5(2)6;1-4(2)5(3)6;1-3-4-5(2)6;1-4-5(2)3;2*1-3-5-4-2;1-4-5(2)3;1-4(5)3-6-2;2*1-3-6-4(2)5;1-3-4-5-2;1-3-5-4-2;1-3-4(2)5;2*1-3-4-2;1-3(4)5-2;1-3(2)4;1-3-2/h6H,4-5H2,1-3H3;3-6H2,1-2H3;4-5H2,1-3H3;5H,1-3H3;4H,1-3H3;2*3-4H2,1-2H3;4H,1-3H3;3-4H2,1-2H3;5H,4H2,1-3H3;2*3-5H2,1-2H3;4H2,1-3H3;3*3H2,1-2H3;2*3-4H2,1-2H3;3H2,1-2H3;2*3-4H2,1-2H3;1-2H3;1-2H3;3H2,1-2H3. The molecule has 0 saturated heterocycles. The maximum atomic E-state index is 10.2. The van der Waals surface area contributed by atoms with Crippen molar-refractivity contribution in [1.29, 1.82) is 0 Å². The minimum Gasteiger partial charge on any atom is -0.469 e. The number of ketones is 6. The van der Waals surface area contributed by atoms with Gasteiger partial charge in [0.25, 0.3) is 0 Å². The Morgan fingerprint density at radius 1 is 0.305 bits per heavy atom. The Kier molecular flexibility index (Phi) is 294. The quantitative estimate of drug-likeness (QED) is 0.0328. The molecule has 0 aromatic carbocycles. The normalized spacial score (nSPS) is 8.68. The number of rotatable bonds is 34. The molecule has 0 aromatic rings. The third kappa shape index (κ3) is 585. The summed E-state index contributed by atoms with van der Waals surface area (Å²) in [7, 11) is 14.4. The van der Waals surface area contributed by atoms with Gasteiger partial charge in [-0.15, -0.1) is 0 Å². The summed E-state index contributed by atoms with van der Waals surface area (Å²) in [6, 6.07) is 0. The molecule has 0 aliphatic heterocycles. The molecule has 0 bridgehead atoms. The lowest BCUT2D eigenvalue weighted by molar-refractivity contribution is -0.145. The molecule has 0 heterocycles. The summed E-state index contributed by atoms with van der Waals surface area (Å²) >= 11 is 0. The lowest BCUT2D eigenvalue weighted by Crippen LogP contribution is -2.14. The maximum Gasteiger partial charge on any atom is 0.302 e. The monoisotopic (exact) mass is 1910 g/mol. The first-order valence-corrected chi connectivity index (χ1v) is 49.9. The first-order chi connectivity index (χ1) is 60.8. The summed E-state index contributed by atoms with van der Waals surface area (Å²) < 4.78 is 45.3. The summed E-state index contributed by atoms with van der Waals surface area (Å²) in [4.78, 5) is 123. The second-order valence-corrected chi connectivity index (χ2v) is 30.5. The fraction of sp³-hybridized carbons (Fsp3) is 0.888. The fourth-order valence-corrected chi connectivity index (χ4v) is 4.30. The molecular formula is C107H240N2O22. The lowest BCUT2D eigenvalue weighted by atomic mass is 10.1. The minimum absolute atomic E-state index is 0.0255. The minimum atomic E-state index is -0.245. The first-order valence-electron chi connectivity index (χ1n) is 49.9. The lowest BCUT2D eigenvalue weighted by Gasteiger charge is -2.03. The van der Waals surface area contributed by atoms with Gasteiger partial charge in [0, 0.05) is 101 Å². The van der Waals surface area contributed by atoms with Crippen LogP contribution in [-0.4, -0.2) is 215 Å². The van der Waals surface area contributed by atoms with Crippen LogP contribution in [0.15, 0.2) is 0 Å². The Balaban J connectivity index is -0.0000000415. The van der Waals surface area contributed by atoms with Crippen LogP contribution in [0, 0.1) is 17.8 Å². The molecule has 24 nitrogen and oxygen atoms in total. The van der Waals surface area contributed by atoms with Gasteiger partial charge in [0.05, 0.1) is 39.6 Å². The summed E-state index contributed by atoms with van der Waals surface area (Å²) in [6.45, 7) is 97.0. The second-order valence-electron chi connectivity index (χ2n) is 30.5. The number of hydrogen-bond donors (Lipinski definition) is 0. The van der Waals surface area contributed by atoms with Gasteiger partial charge in [0.1, 0.15) is 35.8 Å². The van der Waals surface area contributed by atoms with Crippen LogP contribution in [-0.2, 0) is 105 Å². The topological polar surface area (TPSA) is 304 Å². The highest BCUT2D eigenvalue weighted by Gasteiger charge is 2.02. The van der Waals surface area contributed by atoms with E-state index in [1.165, 1.54) is 219 Å². The number of unbranched alkanes of at least 4 members (excludes halogenated alkanes) is 9. The van der Waals surface area contributed by atoms with Gasteiger partial charge in [-0.2, -0.15) is 0 Å². The third-order valence-electron chi connectivity index (χ3n) is 13.3. The Hall–Kier alpha value is -5.40. The van der Waals surface area contributed by atoms with E-state index in [-0.39, 0.29) is 95.2 Å². The van der Waals surface area contributed by atoms with Crippen LogP contribution in [0.5, 0.6) is 0 Å². The van der Waals surface area contributed by atoms with E-state index in [1.54, 1.807) is 48.7 Å². The Bertz CT molecular complexity index is 1850. The molecule has 810 valence electrons. The van der Waals surface area contributed by atoms with Crippen molar-refractivity contribution in [3.05, 3.63) is 0 Å². The van der Waals surface area contributed by atoms with Gasteiger partial charge < -0.3 is 71.6 Å². The predicted molar refractivity (Wildman–Crippen MR) is 571 cm³/mol. The number of nitrogens with zero attached hydrogens (tertiary/aromatic N) is 2. The van der Waals surface area contributed by atoms with Crippen molar-refractivity contribution < 1.29 is 105 Å². The molecule has 0 amide bonds. The van der Waals surface area contributed by atoms with Crippen molar-refractivity contribution in [2.75, 3.05) is 123 Å². The van der Waals surface area contributed by atoms with E-state index in [1.807, 2.05) is 69.2 Å². The Morgan fingerprint density at radius 2 is 0.580 bits per heavy atom. The van der Waals surface area contributed by atoms with Gasteiger partial charge in [-0.1, -0.05) is 303 Å². The average Bonchev–Trinajstić information content (AvgIpc) is 1.04. The van der Waals surface area contributed by atoms with Gasteiger partial charge in [0.15, 0.2) is 11.6 Å². The van der Waals surface area contributed by atoms with E-state index in [0.29, 0.717) is 32.8 Å². The number of ether oxygens (including phenoxy) is 10. The fourth-order valence-electron chi connectivity index (χ4n) is 4.30. The van der Waals surface area contributed by atoms with Crippen LogP contribution in [0.3, 0.4) is 0 Å². The van der Waals surface area contributed by atoms with E-state index in [9.17, 15) is 57.5 Å². The van der Waals surface area contributed by atoms with Crippen molar-refractivity contribution in [3.63, 3.8) is 0 Å². The number of esters is 6. The molecule has 0 fully saturated rings. The predicted octanol–water partition coefficient (Wildman–Crippen LogP) is 29.3. The Labute approximate surface area is 819 Å². The summed E-state index contributed by atoms with van der Waals surface area (Å²) in [6.07, 6.45) is 30.5. The zero-order valence-electron chi connectivity index (χ0n) is 98.5. The van der Waals surface area contributed by atoms with E-state index in [0.717, 1.165) is 70.3 Å². The summed E-state index contributed by atoms with van der Waals surface area (Å²) in [5.41, 5.74) is 0. The molecule has 0 aliphatic rings. The van der Waals surface area contributed by atoms with Crippen LogP contribution in [0.4, 0.5) is 0 Å². The van der Waals surface area contributed by atoms with Crippen LogP contribution in [0.2, 0.25) is 0 Å². The van der Waals surface area contributed by atoms with Crippen LogP contribution < -0.4 is 0 Å². The highest BCUT2D eigenvalue weighted by molar-refractivity contribution is 5.80. The van der Waals surface area contributed by atoms with Crippen LogP contribution >= 0.6 is 0 Å². The highest BCUT2D eigenvalue weighted by atomic mass is 16.6. The van der Waals surface area contributed by atoms with Crippen molar-refractivity contribution in [3.8, 4) is 0 Å². The van der Waals surface area contributed by atoms with E-state index in [4.69, 9.17) is 9.47 Å². The summed E-state index contributed by atoms with van der Waals surface area (Å²) in [5, 5.41) is 0. The van der Waals surface area contributed by atoms with Gasteiger partial charge in [-0.05, 0) is 182 Å². The van der Waals surface area contributed by atoms with Gasteiger partial charge in [0.2, 0.25) is 0 Å². The number of carbonyl (C=O) groups excluding carboxylic acids is 12. The van der Waals surface area contributed by atoms with Gasteiger partial charge in [-0.25, -0.2) is 0 Å². The van der Waals surface area contributed by atoms with Crippen LogP contribution in [0.25, 0.3) is 0 Å². The van der Waals surface area contributed by atoms with Crippen molar-refractivity contribution in [1.82, 2.24) is 9.80 Å². The van der Waals surface area contributed by atoms with E-state index >= 15 is 0 Å². The molecule has 0 saturated carbocycles. The smallest absolute Gasteiger partial charge is 0.302 e. The molecule has 24 heteroatoms. The molecule has 1 unspecified atom stereocenters. The Morgan fingerprint density at radius 3 is 0.595 bits per heavy atom. The van der Waals surface area contributed by atoms with Gasteiger partial charge >= 0.3 is 35.8 Å². The number of hydrogen-bond acceptors (Lipinski definition) is 24. The molecule has 131 heavy (non-hydrogen) atoms. The highest BCUT2D eigenvalue weighted by Crippen LogP contribution is 2.03. The first kappa shape index (κ1) is 189. The number of methoxy groups -OCH3 is 4. The molecule has 0 N–H and O–H groups in total. The molecule has 0 aromatic heterocycles. The number of Topliss-reactive ketones (excluding diaryl/α,β-unsaturated/α-hetero) is 6. The zero-order chi connectivity index (χ0) is 110. The van der Waals surface area contributed by atoms with E-state index < -0.39 is 0 Å². The SMILES string of the molecule is CC(=O)C(C)C.CC(=O)OC(C)C.CC(C)=O.CCC.CCC(C)=O.CCC(C)C.CCC(C)CC.CCCC.CCCC.CCCC(C)=O.CCCCC.CCCCC.CCCCCC.CCCN(C)C.CCCOC.CCCOC(C)=O.CCCOC(C)=O.CCN(C)C.CCOC(C)=O.CCOC(C)=O.CCOCC.COC(C)=O.COC(C)C(C)=O.COCC(C)=O. The van der Waals surface area contributed by atoms with Crippen molar-refractivity contribution in [2.24, 2.45) is 17.8 Å². The van der Waals surface area contributed by atoms with Gasteiger partial charge in [-0.3, -0.25) is 43.2 Å². The molecular weight excluding hydrogens is 1670 g/mol. The average molecular weight is 1910 g/mol. The molecule has 1 atom stereocenters. The maximum absolute atomic E-state index is 10.2. The summed E-state index contributed by atoms with van der Waals surface area (Å²) in [5.74, 6) is 1.88. The molecule has 0 rings (SSSR count). The second kappa shape index (κ2) is 204. The molecule has 0 spiro atoms. The number of carbonyl (C=O) groups is 12.